The number of nitrogens with one attached hydrogen (secondary N) is 1. The molecule has 0 saturated heterocycles. The number of rotatable bonds is 3. The van der Waals surface area contributed by atoms with Crippen molar-refractivity contribution in [3.05, 3.63) is 94.3 Å². The summed E-state index contributed by atoms with van der Waals surface area (Å²) in [6.45, 7) is 1.88. The number of ether oxygens (including phenoxy) is 1. The zero-order valence-corrected chi connectivity index (χ0v) is 16.1. The van der Waals surface area contributed by atoms with Gasteiger partial charge < -0.3 is 10.1 Å². The Balaban J connectivity index is 1.81. The first-order chi connectivity index (χ1) is 13.6. The lowest BCUT2D eigenvalue weighted by Crippen LogP contribution is -2.36. The summed E-state index contributed by atoms with van der Waals surface area (Å²) in [7, 11) is 1.38. The average molecular weight is 373 g/mol. The van der Waals surface area contributed by atoms with Crippen LogP contribution in [0.3, 0.4) is 0 Å². The van der Waals surface area contributed by atoms with Crippen molar-refractivity contribution in [3.8, 4) is 0 Å². The summed E-state index contributed by atoms with van der Waals surface area (Å²) in [5.74, 6) is -0.563. The minimum Gasteiger partial charge on any atom is -0.466 e. The van der Waals surface area contributed by atoms with Crippen molar-refractivity contribution >= 4 is 11.8 Å². The quantitative estimate of drug-likeness (QED) is 0.819. The van der Waals surface area contributed by atoms with Crippen LogP contribution in [0.5, 0.6) is 0 Å². The monoisotopic (exact) mass is 373 g/mol. The predicted molar refractivity (Wildman–Crippen MR) is 107 cm³/mol. The number of ketones is 1. The van der Waals surface area contributed by atoms with E-state index >= 15 is 0 Å². The summed E-state index contributed by atoms with van der Waals surface area (Å²) in [6.07, 6.45) is 1.20. The highest BCUT2D eigenvalue weighted by atomic mass is 16.5. The van der Waals surface area contributed by atoms with Gasteiger partial charge in [0, 0.05) is 29.3 Å². The van der Waals surface area contributed by atoms with E-state index in [0.29, 0.717) is 17.6 Å². The maximum atomic E-state index is 13.3. The van der Waals surface area contributed by atoms with Gasteiger partial charge in [-0.25, -0.2) is 4.79 Å². The number of methoxy groups -OCH3 is 1. The Kier molecular flexibility index (Phi) is 4.86. The third kappa shape index (κ3) is 3.15. The molecule has 2 aromatic carbocycles. The summed E-state index contributed by atoms with van der Waals surface area (Å²) in [4.78, 5) is 25.9. The number of carbonyl (C=O) groups excluding carboxylic acids is 2. The lowest BCUT2D eigenvalue weighted by atomic mass is 9.72. The second-order valence-electron chi connectivity index (χ2n) is 7.33. The standard InChI is InChI=1S/C24H23NO3/c1-15-21(24(27)28-2)22(17-11-7-4-8-12-17)23-19(25-15)13-18(14-20(23)26)16-9-5-3-6-10-16/h3-12,18,22,25H,13-14H2,1-2H3. The molecular weight excluding hydrogens is 350 g/mol. The summed E-state index contributed by atoms with van der Waals surface area (Å²) < 4.78 is 5.05. The fourth-order valence-electron chi connectivity index (χ4n) is 4.36. The van der Waals surface area contributed by atoms with E-state index in [4.69, 9.17) is 4.74 Å². The highest BCUT2D eigenvalue weighted by Gasteiger charge is 2.41. The molecule has 0 spiro atoms. The van der Waals surface area contributed by atoms with Gasteiger partial charge in [-0.05, 0) is 30.4 Å². The first kappa shape index (κ1) is 18.2. The van der Waals surface area contributed by atoms with E-state index in [9.17, 15) is 9.59 Å². The molecule has 2 unspecified atom stereocenters. The molecule has 2 atom stereocenters. The van der Waals surface area contributed by atoms with Crippen LogP contribution in [0.15, 0.2) is 83.2 Å². The van der Waals surface area contributed by atoms with E-state index in [0.717, 1.165) is 23.4 Å². The molecule has 142 valence electrons. The third-order valence-corrected chi connectivity index (χ3v) is 5.64. The molecule has 0 aromatic heterocycles. The fraction of sp³-hybridized carbons (Fsp3) is 0.250. The van der Waals surface area contributed by atoms with Gasteiger partial charge in [-0.15, -0.1) is 0 Å². The van der Waals surface area contributed by atoms with E-state index in [-0.39, 0.29) is 11.7 Å². The van der Waals surface area contributed by atoms with Gasteiger partial charge in [0.05, 0.1) is 12.7 Å². The average Bonchev–Trinajstić information content (AvgIpc) is 2.73. The Labute approximate surface area is 164 Å². The van der Waals surface area contributed by atoms with Crippen LogP contribution in [0, 0.1) is 0 Å². The lowest BCUT2D eigenvalue weighted by molar-refractivity contribution is -0.136. The van der Waals surface area contributed by atoms with Crippen LogP contribution in [0.25, 0.3) is 0 Å². The number of carbonyl (C=O) groups is 2. The van der Waals surface area contributed by atoms with Crippen LogP contribution in [0.1, 0.15) is 42.7 Å². The number of hydrogen-bond donors (Lipinski definition) is 1. The summed E-state index contributed by atoms with van der Waals surface area (Å²) >= 11 is 0. The molecule has 0 fully saturated rings. The van der Waals surface area contributed by atoms with E-state index < -0.39 is 11.9 Å². The van der Waals surface area contributed by atoms with E-state index in [2.05, 4.69) is 17.4 Å². The smallest absolute Gasteiger partial charge is 0.336 e. The molecule has 2 aliphatic rings. The Bertz CT molecular complexity index is 973. The number of allylic oxidation sites excluding steroid dienone is 3. The molecule has 28 heavy (non-hydrogen) atoms. The largest absolute Gasteiger partial charge is 0.466 e. The van der Waals surface area contributed by atoms with Gasteiger partial charge in [0.15, 0.2) is 5.78 Å². The summed E-state index contributed by atoms with van der Waals surface area (Å²) in [5.41, 5.74) is 4.98. The van der Waals surface area contributed by atoms with Crippen LogP contribution in [-0.4, -0.2) is 18.9 Å². The van der Waals surface area contributed by atoms with Crippen molar-refractivity contribution in [2.45, 2.75) is 31.6 Å². The molecular formula is C24H23NO3. The van der Waals surface area contributed by atoms with Gasteiger partial charge in [0.25, 0.3) is 0 Å². The SMILES string of the molecule is COC(=O)C1=C(C)NC2=C(C(=O)CC(c3ccccc3)C2)C1c1ccccc1. The maximum Gasteiger partial charge on any atom is 0.336 e. The van der Waals surface area contributed by atoms with Gasteiger partial charge in [0.2, 0.25) is 0 Å². The van der Waals surface area contributed by atoms with Gasteiger partial charge in [-0.2, -0.15) is 0 Å². The second-order valence-corrected chi connectivity index (χ2v) is 7.33. The van der Waals surface area contributed by atoms with Gasteiger partial charge >= 0.3 is 5.97 Å². The molecule has 4 nitrogen and oxygen atoms in total. The summed E-state index contributed by atoms with van der Waals surface area (Å²) in [6, 6.07) is 19.9. The normalized spacial score (nSPS) is 21.9. The molecule has 4 rings (SSSR count). The van der Waals surface area contributed by atoms with Gasteiger partial charge in [-0.3, -0.25) is 4.79 Å². The number of benzene rings is 2. The molecule has 2 aromatic rings. The molecule has 1 N–H and O–H groups in total. The minimum atomic E-state index is -0.400. The van der Waals surface area contributed by atoms with E-state index in [1.807, 2.05) is 55.5 Å². The first-order valence-electron chi connectivity index (χ1n) is 9.52. The number of esters is 1. The van der Waals surface area contributed by atoms with Crippen molar-refractivity contribution in [1.29, 1.82) is 0 Å². The van der Waals surface area contributed by atoms with Crippen molar-refractivity contribution in [3.63, 3.8) is 0 Å². The zero-order chi connectivity index (χ0) is 19.7. The van der Waals surface area contributed by atoms with Crippen LogP contribution in [0.4, 0.5) is 0 Å². The summed E-state index contributed by atoms with van der Waals surface area (Å²) in [5, 5.41) is 3.35. The van der Waals surface area contributed by atoms with Crippen LogP contribution >= 0.6 is 0 Å². The van der Waals surface area contributed by atoms with Crippen LogP contribution in [-0.2, 0) is 14.3 Å². The first-order valence-corrected chi connectivity index (χ1v) is 9.52. The Morgan fingerprint density at radius 3 is 2.18 bits per heavy atom. The molecule has 4 heteroatoms. The van der Waals surface area contributed by atoms with Gasteiger partial charge in [0.1, 0.15) is 0 Å². The maximum absolute atomic E-state index is 13.3. The molecule has 1 aliphatic carbocycles. The van der Waals surface area contributed by atoms with E-state index in [1.165, 1.54) is 12.7 Å². The highest BCUT2D eigenvalue weighted by molar-refractivity contribution is 6.04. The number of hydrogen-bond acceptors (Lipinski definition) is 4. The second kappa shape index (κ2) is 7.47. The van der Waals surface area contributed by atoms with Crippen LogP contribution < -0.4 is 5.32 Å². The molecule has 1 heterocycles. The molecule has 0 bridgehead atoms. The highest BCUT2D eigenvalue weighted by Crippen LogP contribution is 2.45. The predicted octanol–water partition coefficient (Wildman–Crippen LogP) is 4.22. The Morgan fingerprint density at radius 1 is 0.964 bits per heavy atom. The fourth-order valence-corrected chi connectivity index (χ4v) is 4.36. The molecule has 0 amide bonds. The lowest BCUT2D eigenvalue weighted by Gasteiger charge is -2.36. The van der Waals surface area contributed by atoms with Gasteiger partial charge in [-0.1, -0.05) is 60.7 Å². The van der Waals surface area contributed by atoms with E-state index in [1.54, 1.807) is 0 Å². The number of Topliss-reactive ketones (excluding diaryl/α,β-unsaturated/α-hetero) is 1. The molecule has 1 aliphatic heterocycles. The Hall–Kier alpha value is -3.14. The van der Waals surface area contributed by atoms with Crippen molar-refractivity contribution < 1.29 is 14.3 Å². The molecule has 0 saturated carbocycles. The zero-order valence-electron chi connectivity index (χ0n) is 16.1. The van der Waals surface area contributed by atoms with Crippen molar-refractivity contribution in [1.82, 2.24) is 5.32 Å². The van der Waals surface area contributed by atoms with Crippen molar-refractivity contribution in [2.75, 3.05) is 7.11 Å². The Morgan fingerprint density at radius 2 is 1.57 bits per heavy atom. The van der Waals surface area contributed by atoms with Crippen LogP contribution in [0.2, 0.25) is 0 Å². The minimum absolute atomic E-state index is 0.0883. The number of dihydropyridines is 1. The topological polar surface area (TPSA) is 55.4 Å². The molecule has 0 radical (unpaired) electrons. The third-order valence-electron chi connectivity index (χ3n) is 5.64. The van der Waals surface area contributed by atoms with Crippen molar-refractivity contribution in [2.24, 2.45) is 0 Å².